The Morgan fingerprint density at radius 3 is 2.73 bits per heavy atom. The van der Waals surface area contributed by atoms with E-state index in [2.05, 4.69) is 4.72 Å². The molecule has 15 heavy (non-hydrogen) atoms. The Morgan fingerprint density at radius 2 is 2.20 bits per heavy atom. The molecule has 80 valence electrons. The SMILES string of the molecule is Cc1cc(Cl)ccc1NS(=O)(=O)CC#N. The van der Waals surface area contributed by atoms with Crippen molar-refractivity contribution in [3.63, 3.8) is 0 Å². The van der Waals surface area contributed by atoms with Gasteiger partial charge in [-0.05, 0) is 30.7 Å². The van der Waals surface area contributed by atoms with E-state index in [0.29, 0.717) is 16.3 Å². The minimum absolute atomic E-state index is 0.439. The summed E-state index contributed by atoms with van der Waals surface area (Å²) in [6.45, 7) is 1.73. The molecular weight excluding hydrogens is 236 g/mol. The van der Waals surface area contributed by atoms with Gasteiger partial charge in [0, 0.05) is 5.02 Å². The lowest BCUT2D eigenvalue weighted by molar-refractivity contribution is 0.604. The predicted octanol–water partition coefficient (Wildman–Crippen LogP) is 1.91. The second-order valence-electron chi connectivity index (χ2n) is 2.98. The average molecular weight is 245 g/mol. The van der Waals surface area contributed by atoms with Crippen LogP contribution >= 0.6 is 11.6 Å². The topological polar surface area (TPSA) is 70.0 Å². The number of benzene rings is 1. The Bertz CT molecular complexity index is 505. The first kappa shape index (κ1) is 11.8. The van der Waals surface area contributed by atoms with Crippen molar-refractivity contribution in [3.8, 4) is 6.07 Å². The lowest BCUT2D eigenvalue weighted by Gasteiger charge is -2.08. The van der Waals surface area contributed by atoms with Crippen molar-refractivity contribution in [2.75, 3.05) is 10.5 Å². The van der Waals surface area contributed by atoms with E-state index >= 15 is 0 Å². The molecule has 0 saturated heterocycles. The summed E-state index contributed by atoms with van der Waals surface area (Å²) >= 11 is 5.72. The van der Waals surface area contributed by atoms with Crippen molar-refractivity contribution >= 4 is 27.3 Å². The first-order chi connectivity index (χ1) is 6.94. The van der Waals surface area contributed by atoms with E-state index in [4.69, 9.17) is 16.9 Å². The summed E-state index contributed by atoms with van der Waals surface area (Å²) in [6, 6.07) is 6.37. The lowest BCUT2D eigenvalue weighted by Crippen LogP contribution is -2.16. The van der Waals surface area contributed by atoms with Gasteiger partial charge < -0.3 is 0 Å². The Hall–Kier alpha value is -1.25. The minimum atomic E-state index is -3.57. The summed E-state index contributed by atoms with van der Waals surface area (Å²) in [4.78, 5) is 0. The number of hydrogen-bond donors (Lipinski definition) is 1. The molecule has 1 aromatic rings. The molecule has 0 aliphatic carbocycles. The summed E-state index contributed by atoms with van der Waals surface area (Å²) in [5.74, 6) is -0.560. The van der Waals surface area contributed by atoms with Crippen LogP contribution in [0.3, 0.4) is 0 Å². The first-order valence-electron chi connectivity index (χ1n) is 4.08. The molecule has 1 aromatic carbocycles. The summed E-state index contributed by atoms with van der Waals surface area (Å²) in [5, 5.41) is 8.84. The molecule has 4 nitrogen and oxygen atoms in total. The molecule has 0 atom stereocenters. The van der Waals surface area contributed by atoms with Gasteiger partial charge in [-0.25, -0.2) is 8.42 Å². The summed E-state index contributed by atoms with van der Waals surface area (Å²) in [6.07, 6.45) is 0. The van der Waals surface area contributed by atoms with Crippen molar-refractivity contribution in [3.05, 3.63) is 28.8 Å². The molecular formula is C9H9ClN2O2S. The highest BCUT2D eigenvalue weighted by atomic mass is 35.5. The van der Waals surface area contributed by atoms with Gasteiger partial charge in [-0.3, -0.25) is 4.72 Å². The Morgan fingerprint density at radius 1 is 1.53 bits per heavy atom. The van der Waals surface area contributed by atoms with Crippen molar-refractivity contribution in [2.45, 2.75) is 6.92 Å². The number of sulfonamides is 1. The number of nitrogens with one attached hydrogen (secondary N) is 1. The van der Waals surface area contributed by atoms with E-state index in [1.54, 1.807) is 31.2 Å². The minimum Gasteiger partial charge on any atom is -0.282 e. The number of aryl methyl sites for hydroxylation is 1. The molecule has 1 N–H and O–H groups in total. The fraction of sp³-hybridized carbons (Fsp3) is 0.222. The molecule has 0 spiro atoms. The smallest absolute Gasteiger partial charge is 0.246 e. The highest BCUT2D eigenvalue weighted by Gasteiger charge is 2.10. The van der Waals surface area contributed by atoms with E-state index in [1.807, 2.05) is 0 Å². The molecule has 0 saturated carbocycles. The lowest BCUT2D eigenvalue weighted by atomic mass is 10.2. The fourth-order valence-corrected chi connectivity index (χ4v) is 2.06. The molecule has 0 bridgehead atoms. The van der Waals surface area contributed by atoms with E-state index in [1.165, 1.54) is 0 Å². The zero-order valence-electron chi connectivity index (χ0n) is 7.99. The highest BCUT2D eigenvalue weighted by Crippen LogP contribution is 2.20. The maximum Gasteiger partial charge on any atom is 0.246 e. The van der Waals surface area contributed by atoms with Crippen LogP contribution in [0, 0.1) is 18.3 Å². The molecule has 0 radical (unpaired) electrons. The number of nitriles is 1. The molecule has 0 heterocycles. The van der Waals surface area contributed by atoms with E-state index < -0.39 is 15.8 Å². The summed E-state index contributed by atoms with van der Waals surface area (Å²) < 4.78 is 24.8. The Labute approximate surface area is 93.5 Å². The third kappa shape index (κ3) is 3.42. The summed E-state index contributed by atoms with van der Waals surface area (Å²) in [5.41, 5.74) is 1.15. The molecule has 0 amide bonds. The van der Waals surface area contributed by atoms with Crippen LogP contribution in [0.2, 0.25) is 5.02 Å². The quantitative estimate of drug-likeness (QED) is 0.883. The van der Waals surface area contributed by atoms with Crippen LogP contribution < -0.4 is 4.72 Å². The zero-order chi connectivity index (χ0) is 11.5. The van der Waals surface area contributed by atoms with Crippen LogP contribution in [0.25, 0.3) is 0 Å². The van der Waals surface area contributed by atoms with Crippen molar-refractivity contribution in [2.24, 2.45) is 0 Å². The number of rotatable bonds is 3. The summed E-state index contributed by atoms with van der Waals surface area (Å²) in [7, 11) is -3.57. The van der Waals surface area contributed by atoms with E-state index in [9.17, 15) is 8.42 Å². The molecule has 0 unspecified atom stereocenters. The van der Waals surface area contributed by atoms with Crippen LogP contribution in [0.4, 0.5) is 5.69 Å². The predicted molar refractivity (Wildman–Crippen MR) is 59.2 cm³/mol. The standard InChI is InChI=1S/C9H9ClN2O2S/c1-7-6-8(10)2-3-9(7)12-15(13,14)5-4-11/h2-3,6,12H,5H2,1H3. The van der Waals surface area contributed by atoms with Crippen molar-refractivity contribution in [1.29, 1.82) is 5.26 Å². The third-order valence-electron chi connectivity index (χ3n) is 1.71. The van der Waals surface area contributed by atoms with Crippen LogP contribution in [0.5, 0.6) is 0 Å². The van der Waals surface area contributed by atoms with Crippen molar-refractivity contribution in [1.82, 2.24) is 0 Å². The van der Waals surface area contributed by atoms with Gasteiger partial charge in [-0.1, -0.05) is 11.6 Å². The van der Waals surface area contributed by atoms with Gasteiger partial charge in [0.1, 0.15) is 0 Å². The first-order valence-corrected chi connectivity index (χ1v) is 6.11. The van der Waals surface area contributed by atoms with Crippen molar-refractivity contribution < 1.29 is 8.42 Å². The van der Waals surface area contributed by atoms with E-state index in [0.717, 1.165) is 0 Å². The van der Waals surface area contributed by atoms with Crippen LogP contribution in [0.15, 0.2) is 18.2 Å². The molecule has 1 rings (SSSR count). The Kier molecular flexibility index (Phi) is 3.56. The monoisotopic (exact) mass is 244 g/mol. The van der Waals surface area contributed by atoms with E-state index in [-0.39, 0.29) is 0 Å². The van der Waals surface area contributed by atoms with Gasteiger partial charge in [-0.15, -0.1) is 0 Å². The molecule has 0 aliphatic heterocycles. The van der Waals surface area contributed by atoms with Crippen LogP contribution in [0.1, 0.15) is 5.56 Å². The van der Waals surface area contributed by atoms with Gasteiger partial charge in [0.15, 0.2) is 5.75 Å². The van der Waals surface area contributed by atoms with Gasteiger partial charge in [0.25, 0.3) is 0 Å². The zero-order valence-corrected chi connectivity index (χ0v) is 9.56. The van der Waals surface area contributed by atoms with Gasteiger partial charge in [0.05, 0.1) is 11.8 Å². The Balaban J connectivity index is 2.96. The van der Waals surface area contributed by atoms with Gasteiger partial charge in [0.2, 0.25) is 10.0 Å². The van der Waals surface area contributed by atoms with Crippen LogP contribution in [-0.4, -0.2) is 14.2 Å². The largest absolute Gasteiger partial charge is 0.282 e. The normalized spacial score (nSPS) is 10.7. The third-order valence-corrected chi connectivity index (χ3v) is 2.98. The van der Waals surface area contributed by atoms with Crippen LogP contribution in [-0.2, 0) is 10.0 Å². The van der Waals surface area contributed by atoms with Gasteiger partial charge >= 0.3 is 0 Å². The highest BCUT2D eigenvalue weighted by molar-refractivity contribution is 7.92. The molecule has 0 aliphatic rings. The molecule has 0 fully saturated rings. The maximum atomic E-state index is 11.3. The van der Waals surface area contributed by atoms with Gasteiger partial charge in [-0.2, -0.15) is 5.26 Å². The maximum absolute atomic E-state index is 11.3. The second kappa shape index (κ2) is 4.51. The number of anilines is 1. The fourth-order valence-electron chi connectivity index (χ4n) is 1.03. The molecule has 0 aromatic heterocycles. The number of halogens is 1. The number of nitrogens with zero attached hydrogens (tertiary/aromatic N) is 1. The number of hydrogen-bond acceptors (Lipinski definition) is 3. The molecule has 6 heteroatoms. The average Bonchev–Trinajstić information content (AvgIpc) is 2.09. The second-order valence-corrected chi connectivity index (χ2v) is 5.14.